The lowest BCUT2D eigenvalue weighted by Gasteiger charge is -2.17. The van der Waals surface area contributed by atoms with E-state index in [-0.39, 0.29) is 40.1 Å². The fourth-order valence-corrected chi connectivity index (χ4v) is 4.31. The summed E-state index contributed by atoms with van der Waals surface area (Å²) in [6, 6.07) is 6.60. The van der Waals surface area contributed by atoms with E-state index in [0.29, 0.717) is 28.9 Å². The number of anilines is 3. The highest BCUT2D eigenvalue weighted by Gasteiger charge is 2.20. The molecule has 1 fully saturated rings. The fourth-order valence-electron chi connectivity index (χ4n) is 3.99. The zero-order valence-electron chi connectivity index (χ0n) is 19.9. The average molecular weight is 534 g/mol. The van der Waals surface area contributed by atoms with E-state index >= 15 is 0 Å². The molecule has 11 heteroatoms. The molecule has 1 saturated heterocycles. The molecule has 1 unspecified atom stereocenters. The Balaban J connectivity index is 1.70. The Kier molecular flexibility index (Phi) is 8.58. The molecule has 1 aromatic heterocycles. The van der Waals surface area contributed by atoms with Gasteiger partial charge in [0.15, 0.2) is 11.6 Å². The largest absolute Gasteiger partial charge is 0.488 e. The quantitative estimate of drug-likeness (QED) is 0.215. The third-order valence-corrected chi connectivity index (χ3v) is 6.66. The molecule has 0 spiro atoms. The fraction of sp³-hybridized carbons (Fsp3) is 0.320. The van der Waals surface area contributed by atoms with Crippen molar-refractivity contribution in [1.82, 2.24) is 14.9 Å². The second kappa shape index (κ2) is 11.8. The van der Waals surface area contributed by atoms with Crippen molar-refractivity contribution in [1.29, 1.82) is 0 Å². The van der Waals surface area contributed by atoms with Crippen LogP contribution in [0.4, 0.5) is 21.6 Å². The van der Waals surface area contributed by atoms with E-state index in [9.17, 15) is 9.18 Å². The van der Waals surface area contributed by atoms with Crippen LogP contribution in [-0.2, 0) is 9.53 Å². The van der Waals surface area contributed by atoms with E-state index in [0.717, 1.165) is 19.4 Å². The number of amides is 1. The number of aromatic nitrogens is 2. The van der Waals surface area contributed by atoms with Crippen LogP contribution in [0.25, 0.3) is 10.9 Å². The normalized spacial score (nSPS) is 16.1. The Labute approximate surface area is 218 Å². The van der Waals surface area contributed by atoms with E-state index in [4.69, 9.17) is 32.7 Å². The van der Waals surface area contributed by atoms with Crippen molar-refractivity contribution < 1.29 is 18.7 Å². The van der Waals surface area contributed by atoms with E-state index in [1.54, 1.807) is 19.2 Å². The lowest BCUT2D eigenvalue weighted by Crippen LogP contribution is -2.23. The summed E-state index contributed by atoms with van der Waals surface area (Å²) in [5.74, 6) is -0.422. The second-order valence-electron chi connectivity index (χ2n) is 8.29. The Morgan fingerprint density at radius 3 is 2.78 bits per heavy atom. The molecule has 190 valence electrons. The van der Waals surface area contributed by atoms with Gasteiger partial charge in [0.1, 0.15) is 18.8 Å². The third-order valence-electron chi connectivity index (χ3n) is 5.88. The highest BCUT2D eigenvalue weighted by Crippen LogP contribution is 2.39. The molecule has 0 radical (unpaired) electrons. The zero-order chi connectivity index (χ0) is 25.7. The lowest BCUT2D eigenvalue weighted by atomic mass is 10.1. The summed E-state index contributed by atoms with van der Waals surface area (Å²) < 4.78 is 25.9. The van der Waals surface area contributed by atoms with Gasteiger partial charge in [0.25, 0.3) is 0 Å². The monoisotopic (exact) mass is 533 g/mol. The molecule has 0 bridgehead atoms. The number of hydrogen-bond donors (Lipinski definition) is 2. The number of hydrogen-bond acceptors (Lipinski definition) is 7. The molecule has 8 nitrogen and oxygen atoms in total. The first-order valence-electron chi connectivity index (χ1n) is 11.4. The van der Waals surface area contributed by atoms with Crippen LogP contribution in [0.2, 0.25) is 10.0 Å². The first-order chi connectivity index (χ1) is 17.4. The maximum Gasteiger partial charge on any atom is 0.248 e. The third kappa shape index (κ3) is 5.87. The Morgan fingerprint density at radius 1 is 1.22 bits per heavy atom. The van der Waals surface area contributed by atoms with Crippen LogP contribution >= 0.6 is 23.2 Å². The highest BCUT2D eigenvalue weighted by atomic mass is 35.5. The number of rotatable bonds is 9. The first-order valence-corrected chi connectivity index (χ1v) is 12.1. The van der Waals surface area contributed by atoms with Crippen LogP contribution in [0.1, 0.15) is 12.8 Å². The summed E-state index contributed by atoms with van der Waals surface area (Å²) in [4.78, 5) is 23.6. The predicted octanol–water partition coefficient (Wildman–Crippen LogP) is 5.43. The van der Waals surface area contributed by atoms with Crippen molar-refractivity contribution in [2.24, 2.45) is 0 Å². The van der Waals surface area contributed by atoms with Gasteiger partial charge < -0.3 is 20.1 Å². The second-order valence-corrected chi connectivity index (χ2v) is 9.07. The minimum Gasteiger partial charge on any atom is -0.488 e. The molecule has 1 aliphatic rings. The minimum atomic E-state index is -0.718. The molecule has 0 aliphatic carbocycles. The Morgan fingerprint density at radius 2 is 2.03 bits per heavy atom. The number of nitrogens with zero attached hydrogens (tertiary/aromatic N) is 3. The number of methoxy groups -OCH3 is 1. The number of fused-ring (bicyclic) bond motifs is 1. The van der Waals surface area contributed by atoms with Crippen molar-refractivity contribution in [3.8, 4) is 5.75 Å². The van der Waals surface area contributed by atoms with Crippen LogP contribution in [0.15, 0.2) is 42.7 Å². The Bertz CT molecular complexity index is 1290. The van der Waals surface area contributed by atoms with Gasteiger partial charge in [0, 0.05) is 19.2 Å². The molecule has 3 aromatic rings. The summed E-state index contributed by atoms with van der Waals surface area (Å²) in [6.07, 6.45) is 6.89. The van der Waals surface area contributed by atoms with Crippen LogP contribution < -0.4 is 15.4 Å². The number of likely N-dealkylation sites (tertiary alicyclic amines) is 1. The Hall–Kier alpha value is -2.98. The van der Waals surface area contributed by atoms with Gasteiger partial charge in [-0.2, -0.15) is 0 Å². The topological polar surface area (TPSA) is 88.6 Å². The molecule has 2 N–H and O–H groups in total. The van der Waals surface area contributed by atoms with Crippen molar-refractivity contribution in [3.05, 3.63) is 58.6 Å². The number of halogens is 3. The number of carbonyl (C=O) groups excluding carboxylic acids is 1. The van der Waals surface area contributed by atoms with Crippen LogP contribution in [0.5, 0.6) is 5.75 Å². The number of ether oxygens (including phenoxy) is 2. The lowest BCUT2D eigenvalue weighted by molar-refractivity contribution is -0.111. The smallest absolute Gasteiger partial charge is 0.248 e. The molecule has 1 amide bonds. The van der Waals surface area contributed by atoms with Crippen molar-refractivity contribution >= 4 is 57.2 Å². The van der Waals surface area contributed by atoms with Gasteiger partial charge >= 0.3 is 0 Å². The standard InChI is InChI=1S/C25H26Cl2FN5O3/c1-33-11-3-4-15(33)5-10-20(34)31-19-9-8-17-21(24(19)36-13-12-35-2)25(30-14-29-17)32-18-7-6-16(26)22(27)23(18)28/h5-10,14-15H,3-4,11-13H2,1-2H3,(H,31,34)(H,29,30,32). The summed E-state index contributed by atoms with van der Waals surface area (Å²) in [7, 11) is 3.60. The SMILES string of the molecule is COCCOc1c(NC(=O)C=CC2CCCN2C)ccc2ncnc(Nc3ccc(Cl)c(Cl)c3F)c12. The molecule has 0 saturated carbocycles. The van der Waals surface area contributed by atoms with Crippen molar-refractivity contribution in [2.45, 2.75) is 18.9 Å². The molecule has 1 atom stereocenters. The molecule has 4 rings (SSSR count). The number of benzene rings is 2. The molecule has 2 heterocycles. The van der Waals surface area contributed by atoms with Gasteiger partial charge in [0.05, 0.1) is 38.9 Å². The van der Waals surface area contributed by atoms with E-state index in [1.807, 2.05) is 13.1 Å². The van der Waals surface area contributed by atoms with Crippen molar-refractivity contribution in [3.63, 3.8) is 0 Å². The van der Waals surface area contributed by atoms with Crippen molar-refractivity contribution in [2.75, 3.05) is 44.5 Å². The van der Waals surface area contributed by atoms with Gasteiger partial charge in [-0.05, 0) is 50.7 Å². The summed E-state index contributed by atoms with van der Waals surface area (Å²) in [5.41, 5.74) is 1.02. The molecule has 36 heavy (non-hydrogen) atoms. The van der Waals surface area contributed by atoms with Gasteiger partial charge in [-0.3, -0.25) is 9.69 Å². The first kappa shape index (κ1) is 26.1. The summed E-state index contributed by atoms with van der Waals surface area (Å²) in [6.45, 7) is 1.53. The van der Waals surface area contributed by atoms with Crippen LogP contribution in [0, 0.1) is 5.82 Å². The molecular formula is C25H26Cl2FN5O3. The number of likely N-dealkylation sites (N-methyl/N-ethyl adjacent to an activating group) is 1. The maximum absolute atomic E-state index is 14.8. The summed E-state index contributed by atoms with van der Waals surface area (Å²) >= 11 is 11.9. The van der Waals surface area contributed by atoms with Crippen LogP contribution in [0.3, 0.4) is 0 Å². The zero-order valence-corrected chi connectivity index (χ0v) is 21.4. The average Bonchev–Trinajstić information content (AvgIpc) is 3.29. The number of carbonyl (C=O) groups is 1. The molecule has 1 aliphatic heterocycles. The van der Waals surface area contributed by atoms with Crippen LogP contribution in [-0.4, -0.2) is 60.7 Å². The molecular weight excluding hydrogens is 508 g/mol. The molecule has 2 aromatic carbocycles. The van der Waals surface area contributed by atoms with Gasteiger partial charge in [-0.1, -0.05) is 29.3 Å². The number of nitrogens with one attached hydrogen (secondary N) is 2. The highest BCUT2D eigenvalue weighted by molar-refractivity contribution is 6.42. The predicted molar refractivity (Wildman–Crippen MR) is 140 cm³/mol. The summed E-state index contributed by atoms with van der Waals surface area (Å²) in [5, 5.41) is 6.18. The van der Waals surface area contributed by atoms with E-state index < -0.39 is 5.82 Å². The minimum absolute atomic E-state index is 0.0743. The van der Waals surface area contributed by atoms with Gasteiger partial charge in [-0.15, -0.1) is 0 Å². The van der Waals surface area contributed by atoms with Gasteiger partial charge in [-0.25, -0.2) is 14.4 Å². The van der Waals surface area contributed by atoms with E-state index in [2.05, 4.69) is 25.5 Å². The maximum atomic E-state index is 14.8. The van der Waals surface area contributed by atoms with Gasteiger partial charge in [0.2, 0.25) is 5.91 Å². The van der Waals surface area contributed by atoms with E-state index in [1.165, 1.54) is 24.5 Å².